The third-order valence-electron chi connectivity index (χ3n) is 2.48. The Balaban J connectivity index is 2.14. The van der Waals surface area contributed by atoms with Crippen LogP contribution >= 0.6 is 0 Å². The highest BCUT2D eigenvalue weighted by atomic mass is 16.3. The highest BCUT2D eigenvalue weighted by Crippen LogP contribution is 2.11. The fraction of sp³-hybridized carbons (Fsp3) is 0.571. The Kier molecular flexibility index (Phi) is 4.81. The van der Waals surface area contributed by atoms with Gasteiger partial charge in [0.15, 0.2) is 0 Å². The topological polar surface area (TPSA) is 32.3 Å². The van der Waals surface area contributed by atoms with Gasteiger partial charge < -0.3 is 10.4 Å². The lowest BCUT2D eigenvalue weighted by Gasteiger charge is -2.20. The molecule has 2 heteroatoms. The zero-order valence-electron chi connectivity index (χ0n) is 10.6. The largest absolute Gasteiger partial charge is 0.508 e. The van der Waals surface area contributed by atoms with Crippen molar-refractivity contribution in [2.75, 3.05) is 6.54 Å². The molecule has 0 aliphatic carbocycles. The average Bonchev–Trinajstić information content (AvgIpc) is 2.19. The lowest BCUT2D eigenvalue weighted by molar-refractivity contribution is 0.419. The number of hydrogen-bond donors (Lipinski definition) is 2. The van der Waals surface area contributed by atoms with Crippen LogP contribution in [0.5, 0.6) is 5.75 Å². The van der Waals surface area contributed by atoms with E-state index in [-0.39, 0.29) is 5.54 Å². The van der Waals surface area contributed by atoms with Crippen LogP contribution in [0.4, 0.5) is 0 Å². The SMILES string of the molecule is CC(C)(C)NCCCCc1ccc(O)cc1. The molecular weight excluding hydrogens is 198 g/mol. The Morgan fingerprint density at radius 3 is 2.25 bits per heavy atom. The van der Waals surface area contributed by atoms with Gasteiger partial charge in [0, 0.05) is 5.54 Å². The summed E-state index contributed by atoms with van der Waals surface area (Å²) >= 11 is 0. The summed E-state index contributed by atoms with van der Waals surface area (Å²) < 4.78 is 0. The van der Waals surface area contributed by atoms with Crippen molar-refractivity contribution in [2.45, 2.75) is 45.6 Å². The normalized spacial score (nSPS) is 11.7. The molecule has 0 unspecified atom stereocenters. The van der Waals surface area contributed by atoms with E-state index < -0.39 is 0 Å². The summed E-state index contributed by atoms with van der Waals surface area (Å²) in [7, 11) is 0. The van der Waals surface area contributed by atoms with E-state index >= 15 is 0 Å². The first kappa shape index (κ1) is 13.0. The first-order valence-electron chi connectivity index (χ1n) is 6.00. The highest BCUT2D eigenvalue weighted by molar-refractivity contribution is 5.25. The van der Waals surface area contributed by atoms with Gasteiger partial charge in [-0.25, -0.2) is 0 Å². The van der Waals surface area contributed by atoms with Crippen LogP contribution in [0.25, 0.3) is 0 Å². The Morgan fingerprint density at radius 1 is 1.06 bits per heavy atom. The molecule has 0 atom stereocenters. The minimum absolute atomic E-state index is 0.221. The molecule has 2 nitrogen and oxygen atoms in total. The van der Waals surface area contributed by atoms with E-state index in [1.54, 1.807) is 12.1 Å². The maximum Gasteiger partial charge on any atom is 0.115 e. The van der Waals surface area contributed by atoms with Gasteiger partial charge in [-0.2, -0.15) is 0 Å². The third kappa shape index (κ3) is 5.76. The van der Waals surface area contributed by atoms with Crippen molar-refractivity contribution in [1.82, 2.24) is 5.32 Å². The van der Waals surface area contributed by atoms with Gasteiger partial charge in [-0.05, 0) is 64.3 Å². The molecule has 0 spiro atoms. The van der Waals surface area contributed by atoms with Crippen molar-refractivity contribution >= 4 is 0 Å². The van der Waals surface area contributed by atoms with Crippen LogP contribution in [-0.4, -0.2) is 17.2 Å². The molecule has 90 valence electrons. The minimum atomic E-state index is 0.221. The second kappa shape index (κ2) is 5.90. The van der Waals surface area contributed by atoms with Crippen LogP contribution in [0.2, 0.25) is 0 Å². The lowest BCUT2D eigenvalue weighted by atomic mass is 10.1. The molecule has 0 saturated heterocycles. The molecule has 0 fully saturated rings. The summed E-state index contributed by atoms with van der Waals surface area (Å²) in [6, 6.07) is 7.49. The van der Waals surface area contributed by atoms with Crippen LogP contribution in [0, 0.1) is 0 Å². The highest BCUT2D eigenvalue weighted by Gasteiger charge is 2.06. The molecule has 0 bridgehead atoms. The van der Waals surface area contributed by atoms with Crippen LogP contribution in [0.3, 0.4) is 0 Å². The van der Waals surface area contributed by atoms with Crippen molar-refractivity contribution in [3.63, 3.8) is 0 Å². The Morgan fingerprint density at radius 2 is 1.69 bits per heavy atom. The third-order valence-corrected chi connectivity index (χ3v) is 2.48. The number of benzene rings is 1. The maximum atomic E-state index is 9.15. The van der Waals surface area contributed by atoms with Gasteiger partial charge in [0.05, 0.1) is 0 Å². The first-order chi connectivity index (χ1) is 7.47. The van der Waals surface area contributed by atoms with Gasteiger partial charge >= 0.3 is 0 Å². The molecule has 16 heavy (non-hydrogen) atoms. The van der Waals surface area contributed by atoms with Gasteiger partial charge in [-0.1, -0.05) is 12.1 Å². The summed E-state index contributed by atoms with van der Waals surface area (Å²) in [6.07, 6.45) is 3.47. The lowest BCUT2D eigenvalue weighted by Crippen LogP contribution is -2.36. The summed E-state index contributed by atoms with van der Waals surface area (Å²) in [4.78, 5) is 0. The number of unbranched alkanes of at least 4 members (excludes halogenated alkanes) is 1. The van der Waals surface area contributed by atoms with E-state index in [1.165, 1.54) is 18.4 Å². The molecule has 0 radical (unpaired) electrons. The Labute approximate surface area is 98.7 Å². The summed E-state index contributed by atoms with van der Waals surface area (Å²) in [5.74, 6) is 0.346. The molecule has 2 N–H and O–H groups in total. The second-order valence-electron chi connectivity index (χ2n) is 5.30. The van der Waals surface area contributed by atoms with Crippen LogP contribution in [0.1, 0.15) is 39.2 Å². The van der Waals surface area contributed by atoms with E-state index in [0.717, 1.165) is 13.0 Å². The zero-order valence-corrected chi connectivity index (χ0v) is 10.6. The van der Waals surface area contributed by atoms with E-state index in [2.05, 4.69) is 26.1 Å². The Bertz CT molecular complexity index is 298. The Hall–Kier alpha value is -1.02. The van der Waals surface area contributed by atoms with Crippen LogP contribution in [-0.2, 0) is 6.42 Å². The number of nitrogens with one attached hydrogen (secondary N) is 1. The molecule has 0 heterocycles. The smallest absolute Gasteiger partial charge is 0.115 e. The van der Waals surface area contributed by atoms with Crippen LogP contribution in [0.15, 0.2) is 24.3 Å². The molecule has 1 aromatic rings. The van der Waals surface area contributed by atoms with Crippen molar-refractivity contribution in [1.29, 1.82) is 0 Å². The van der Waals surface area contributed by atoms with Gasteiger partial charge in [0.2, 0.25) is 0 Å². The van der Waals surface area contributed by atoms with Crippen LogP contribution < -0.4 is 5.32 Å². The molecule has 1 rings (SSSR count). The molecule has 0 aromatic heterocycles. The molecule has 0 aliphatic heterocycles. The van der Waals surface area contributed by atoms with Gasteiger partial charge in [0.25, 0.3) is 0 Å². The number of aryl methyl sites for hydroxylation is 1. The fourth-order valence-electron chi connectivity index (χ4n) is 1.58. The zero-order chi connectivity index (χ0) is 12.0. The monoisotopic (exact) mass is 221 g/mol. The van der Waals surface area contributed by atoms with Crippen molar-refractivity contribution in [3.8, 4) is 5.75 Å². The predicted octanol–water partition coefficient (Wildman–Crippen LogP) is 3.10. The number of hydrogen-bond acceptors (Lipinski definition) is 2. The number of aromatic hydroxyl groups is 1. The summed E-state index contributed by atoms with van der Waals surface area (Å²) in [6.45, 7) is 7.63. The summed E-state index contributed by atoms with van der Waals surface area (Å²) in [5.41, 5.74) is 1.52. The van der Waals surface area contributed by atoms with Crippen molar-refractivity contribution in [3.05, 3.63) is 29.8 Å². The number of phenolic OH excluding ortho intramolecular Hbond substituents is 1. The van der Waals surface area contributed by atoms with Crippen molar-refractivity contribution in [2.24, 2.45) is 0 Å². The average molecular weight is 221 g/mol. The maximum absolute atomic E-state index is 9.15. The van der Waals surface area contributed by atoms with E-state index in [0.29, 0.717) is 5.75 Å². The van der Waals surface area contributed by atoms with E-state index in [1.807, 2.05) is 12.1 Å². The minimum Gasteiger partial charge on any atom is -0.508 e. The molecular formula is C14H23NO. The fourth-order valence-corrected chi connectivity index (χ4v) is 1.58. The standard InChI is InChI=1S/C14H23NO/c1-14(2,3)15-11-5-4-6-12-7-9-13(16)10-8-12/h7-10,15-16H,4-6,11H2,1-3H3. The molecule has 0 amide bonds. The van der Waals surface area contributed by atoms with E-state index in [9.17, 15) is 0 Å². The first-order valence-corrected chi connectivity index (χ1v) is 6.00. The van der Waals surface area contributed by atoms with Gasteiger partial charge in [-0.3, -0.25) is 0 Å². The van der Waals surface area contributed by atoms with E-state index in [4.69, 9.17) is 5.11 Å². The number of phenols is 1. The molecule has 0 aliphatic rings. The predicted molar refractivity (Wildman–Crippen MR) is 68.8 cm³/mol. The quantitative estimate of drug-likeness (QED) is 0.749. The molecule has 0 saturated carbocycles. The van der Waals surface area contributed by atoms with Gasteiger partial charge in [-0.15, -0.1) is 0 Å². The molecule has 1 aromatic carbocycles. The second-order valence-corrected chi connectivity index (χ2v) is 5.30. The summed E-state index contributed by atoms with van der Waals surface area (Å²) in [5, 5.41) is 12.6. The van der Waals surface area contributed by atoms with Crippen molar-refractivity contribution < 1.29 is 5.11 Å². The van der Waals surface area contributed by atoms with Gasteiger partial charge in [0.1, 0.15) is 5.75 Å². The number of rotatable bonds is 5.